The number of rotatable bonds is 25. The van der Waals surface area contributed by atoms with E-state index in [1.807, 2.05) is 12.2 Å². The summed E-state index contributed by atoms with van der Waals surface area (Å²) >= 11 is 0. The van der Waals surface area contributed by atoms with Crippen molar-refractivity contribution in [2.24, 2.45) is 0 Å². The van der Waals surface area contributed by atoms with Gasteiger partial charge in [0.2, 0.25) is 0 Å². The number of Topliss-reactive ketones (excluding diaryl/α,β-unsaturated/α-hetero) is 1. The van der Waals surface area contributed by atoms with E-state index in [1.165, 1.54) is 0 Å². The summed E-state index contributed by atoms with van der Waals surface area (Å²) in [4.78, 5) is 35.5. The standard InChI is InChI=1S/C26H50N2O11Si2/c1-32-40(33-2,34-3)22-14-18-27-25(30)38-20-12-8-7-10-16-24(29)17-11-9-13-21-39-26(31)28-19-15-23-41(35-4,36-5)37-6/h8-9,12-13H,7,10-11,14-23H2,1-6H3,(H,27,30)(H,28,31)/b12-8+,13-9+. The quantitative estimate of drug-likeness (QED) is 0.0874. The Morgan fingerprint density at radius 3 is 1.39 bits per heavy atom. The van der Waals surface area contributed by atoms with E-state index in [1.54, 1.807) is 54.8 Å². The van der Waals surface area contributed by atoms with Crippen molar-refractivity contribution in [3.8, 4) is 0 Å². The second-order valence-corrected chi connectivity index (χ2v) is 14.9. The fourth-order valence-corrected chi connectivity index (χ4v) is 7.06. The highest BCUT2D eigenvalue weighted by Crippen LogP contribution is 2.15. The molecule has 2 amide bonds. The maximum absolute atomic E-state index is 12.0. The maximum Gasteiger partial charge on any atom is 0.500 e. The van der Waals surface area contributed by atoms with Crippen LogP contribution < -0.4 is 10.6 Å². The van der Waals surface area contributed by atoms with E-state index in [0.29, 0.717) is 57.3 Å². The highest BCUT2D eigenvalue weighted by Gasteiger charge is 2.37. The van der Waals surface area contributed by atoms with Gasteiger partial charge in [-0.2, -0.15) is 0 Å². The highest BCUT2D eigenvalue weighted by molar-refractivity contribution is 6.60. The van der Waals surface area contributed by atoms with E-state index >= 15 is 0 Å². The fraction of sp³-hybridized carbons (Fsp3) is 0.731. The number of amides is 2. The van der Waals surface area contributed by atoms with Gasteiger partial charge in [0, 0.05) is 80.7 Å². The Morgan fingerprint density at radius 1 is 0.561 bits per heavy atom. The molecule has 0 aliphatic heterocycles. The number of ketones is 1. The van der Waals surface area contributed by atoms with E-state index in [-0.39, 0.29) is 19.0 Å². The summed E-state index contributed by atoms with van der Waals surface area (Å²) < 4.78 is 42.1. The number of nitrogens with one attached hydrogen (secondary N) is 2. The lowest BCUT2D eigenvalue weighted by atomic mass is 10.1. The van der Waals surface area contributed by atoms with Crippen molar-refractivity contribution in [2.75, 3.05) is 69.0 Å². The first kappa shape index (κ1) is 38.9. The summed E-state index contributed by atoms with van der Waals surface area (Å²) in [5, 5.41) is 5.34. The number of carbonyl (C=O) groups is 3. The van der Waals surface area contributed by atoms with Crippen molar-refractivity contribution in [1.29, 1.82) is 0 Å². The zero-order chi connectivity index (χ0) is 30.8. The lowest BCUT2D eigenvalue weighted by Crippen LogP contribution is -2.43. The van der Waals surface area contributed by atoms with E-state index in [0.717, 1.165) is 12.8 Å². The second-order valence-electron chi connectivity index (χ2n) is 8.76. The molecule has 0 radical (unpaired) electrons. The van der Waals surface area contributed by atoms with Crippen molar-refractivity contribution >= 4 is 35.6 Å². The molecule has 0 heterocycles. The third-order valence-corrected chi connectivity index (χ3v) is 11.8. The maximum atomic E-state index is 12.0. The minimum Gasteiger partial charge on any atom is -0.445 e. The van der Waals surface area contributed by atoms with Gasteiger partial charge < -0.3 is 46.7 Å². The van der Waals surface area contributed by atoms with Crippen LogP contribution in [0.25, 0.3) is 0 Å². The Kier molecular flexibility index (Phi) is 23.2. The molecule has 0 unspecified atom stereocenters. The molecule has 0 aromatic heterocycles. The van der Waals surface area contributed by atoms with Crippen molar-refractivity contribution in [3.63, 3.8) is 0 Å². The van der Waals surface area contributed by atoms with Crippen LogP contribution in [0.5, 0.6) is 0 Å². The van der Waals surface area contributed by atoms with Gasteiger partial charge in [-0.25, -0.2) is 9.59 Å². The topological polar surface area (TPSA) is 149 Å². The number of unbranched alkanes of at least 4 members (excludes halogenated alkanes) is 1. The first-order valence-corrected chi connectivity index (χ1v) is 17.6. The Bertz CT molecular complexity index is 760. The van der Waals surface area contributed by atoms with Crippen LogP contribution in [-0.2, 0) is 40.8 Å². The van der Waals surface area contributed by atoms with Crippen LogP contribution in [0.1, 0.15) is 44.9 Å². The molecule has 0 aliphatic rings. The van der Waals surface area contributed by atoms with Crippen molar-refractivity contribution in [1.82, 2.24) is 10.6 Å². The number of hydrogen-bond acceptors (Lipinski definition) is 11. The summed E-state index contributed by atoms with van der Waals surface area (Å²) in [6.45, 7) is 1.14. The van der Waals surface area contributed by atoms with Crippen molar-refractivity contribution in [3.05, 3.63) is 24.3 Å². The first-order chi connectivity index (χ1) is 19.8. The van der Waals surface area contributed by atoms with Gasteiger partial charge in [0.25, 0.3) is 0 Å². The monoisotopic (exact) mass is 622 g/mol. The third kappa shape index (κ3) is 18.8. The van der Waals surface area contributed by atoms with Crippen molar-refractivity contribution < 1.29 is 50.4 Å². The van der Waals surface area contributed by atoms with Gasteiger partial charge in [-0.3, -0.25) is 4.79 Å². The average molecular weight is 623 g/mol. The molecule has 0 spiro atoms. The van der Waals surface area contributed by atoms with Crippen LogP contribution in [0, 0.1) is 0 Å². The molecule has 0 aromatic rings. The molecule has 2 N–H and O–H groups in total. The third-order valence-electron chi connectivity index (χ3n) is 6.10. The molecular weight excluding hydrogens is 572 g/mol. The van der Waals surface area contributed by atoms with Gasteiger partial charge in [-0.1, -0.05) is 24.3 Å². The Morgan fingerprint density at radius 2 is 0.976 bits per heavy atom. The Hall–Kier alpha value is -2.12. The summed E-state index contributed by atoms with van der Waals surface area (Å²) in [7, 11) is 4.03. The van der Waals surface area contributed by atoms with Crippen molar-refractivity contribution in [2.45, 2.75) is 57.0 Å². The normalized spacial score (nSPS) is 12.1. The highest BCUT2D eigenvalue weighted by atomic mass is 28.4. The largest absolute Gasteiger partial charge is 0.500 e. The summed E-state index contributed by atoms with van der Waals surface area (Å²) in [6, 6.07) is 1.17. The molecule has 0 saturated heterocycles. The molecule has 15 heteroatoms. The average Bonchev–Trinajstić information content (AvgIpc) is 2.99. The van der Waals surface area contributed by atoms with Gasteiger partial charge >= 0.3 is 29.8 Å². The molecule has 238 valence electrons. The summed E-state index contributed by atoms with van der Waals surface area (Å²) in [6.07, 6.45) is 10.4. The fourth-order valence-electron chi connectivity index (χ4n) is 3.61. The van der Waals surface area contributed by atoms with Crippen LogP contribution in [-0.4, -0.2) is 105 Å². The second kappa shape index (κ2) is 24.5. The smallest absolute Gasteiger partial charge is 0.445 e. The number of ether oxygens (including phenoxy) is 2. The molecule has 0 fully saturated rings. The van der Waals surface area contributed by atoms with Crippen LogP contribution in [0.15, 0.2) is 24.3 Å². The number of hydrogen-bond donors (Lipinski definition) is 2. The minimum absolute atomic E-state index is 0.134. The molecule has 0 aromatic carbocycles. The lowest BCUT2D eigenvalue weighted by molar-refractivity contribution is -0.119. The summed E-state index contributed by atoms with van der Waals surface area (Å²) in [5.41, 5.74) is 0. The Balaban J connectivity index is 3.76. The first-order valence-electron chi connectivity index (χ1n) is 13.7. The van der Waals surface area contributed by atoms with E-state index in [2.05, 4.69) is 10.6 Å². The predicted octanol–water partition coefficient (Wildman–Crippen LogP) is 3.61. The molecule has 0 saturated carbocycles. The zero-order valence-electron chi connectivity index (χ0n) is 25.5. The van der Waals surface area contributed by atoms with Crippen LogP contribution in [0.2, 0.25) is 12.1 Å². The zero-order valence-corrected chi connectivity index (χ0v) is 27.5. The van der Waals surface area contributed by atoms with E-state index in [4.69, 9.17) is 36.0 Å². The van der Waals surface area contributed by atoms with E-state index in [9.17, 15) is 14.4 Å². The molecular formula is C26H50N2O11Si2. The van der Waals surface area contributed by atoms with Crippen LogP contribution in [0.3, 0.4) is 0 Å². The predicted molar refractivity (Wildman–Crippen MR) is 157 cm³/mol. The number of carbonyl (C=O) groups excluding carboxylic acids is 3. The van der Waals surface area contributed by atoms with Gasteiger partial charge in [0.05, 0.1) is 0 Å². The minimum atomic E-state index is -2.63. The molecule has 41 heavy (non-hydrogen) atoms. The van der Waals surface area contributed by atoms with Crippen LogP contribution in [0.4, 0.5) is 9.59 Å². The van der Waals surface area contributed by atoms with Crippen LogP contribution >= 0.6 is 0 Å². The molecule has 0 bridgehead atoms. The van der Waals surface area contributed by atoms with Gasteiger partial charge in [0.1, 0.15) is 19.0 Å². The van der Waals surface area contributed by atoms with E-state index < -0.39 is 29.8 Å². The van der Waals surface area contributed by atoms with Gasteiger partial charge in [0.15, 0.2) is 0 Å². The van der Waals surface area contributed by atoms with Gasteiger partial charge in [-0.15, -0.1) is 0 Å². The number of alkyl carbamates (subject to hydrolysis) is 2. The number of allylic oxidation sites excluding steroid dienone is 2. The molecule has 0 atom stereocenters. The summed E-state index contributed by atoms with van der Waals surface area (Å²) in [5.74, 6) is 0.169. The SMILES string of the molecule is CO[Si](CCCNC(=O)OC/C=C/CCCC(=O)CC/C=C/COC(=O)NCCC[Si](OC)(OC)OC)(OC)OC. The Labute approximate surface area is 246 Å². The molecule has 0 rings (SSSR count). The van der Waals surface area contributed by atoms with Gasteiger partial charge in [-0.05, 0) is 32.1 Å². The molecule has 0 aliphatic carbocycles. The lowest BCUT2D eigenvalue weighted by Gasteiger charge is -2.24. The molecule has 13 nitrogen and oxygen atoms in total.